The summed E-state index contributed by atoms with van der Waals surface area (Å²) in [5.74, 6) is -0.942. The fraction of sp³-hybridized carbons (Fsp3) is 0.765. The lowest BCUT2D eigenvalue weighted by Gasteiger charge is -2.13. The Morgan fingerprint density at radius 1 is 0.443 bits per heavy atom. The lowest BCUT2D eigenvalue weighted by atomic mass is 10.1. The summed E-state index contributed by atoms with van der Waals surface area (Å²) in [5, 5.41) is 3.43. The SMILES string of the molecule is CCCCOCCOCCOCCOCCC(=O)CCCCOc1cc(OCCCCC(=O)CCOCCOCCOCCOCCCC)cc(C(=O)NCCCCCC(=O)ON2C(=O)CCC2=O)c1. The first-order valence-electron chi connectivity index (χ1n) is 25.6. The van der Waals surface area contributed by atoms with Crippen LogP contribution in [-0.4, -0.2) is 166 Å². The number of amides is 3. The monoisotopic (exact) mass is 997 g/mol. The molecule has 1 aliphatic rings. The molecule has 70 heavy (non-hydrogen) atoms. The highest BCUT2D eigenvalue weighted by molar-refractivity contribution is 6.01. The predicted molar refractivity (Wildman–Crippen MR) is 259 cm³/mol. The summed E-state index contributed by atoms with van der Waals surface area (Å²) in [5.41, 5.74) is 0.338. The van der Waals surface area contributed by atoms with Gasteiger partial charge in [0.1, 0.15) is 23.1 Å². The molecule has 1 saturated heterocycles. The Bertz CT molecular complexity index is 1480. The van der Waals surface area contributed by atoms with E-state index in [2.05, 4.69) is 19.2 Å². The van der Waals surface area contributed by atoms with Crippen LogP contribution < -0.4 is 14.8 Å². The maximum atomic E-state index is 13.2. The zero-order valence-electron chi connectivity index (χ0n) is 42.3. The Labute approximate surface area is 415 Å². The van der Waals surface area contributed by atoms with Crippen LogP contribution >= 0.6 is 0 Å². The predicted octanol–water partition coefficient (Wildman–Crippen LogP) is 6.33. The number of nitrogens with one attached hydrogen (secondary N) is 1. The van der Waals surface area contributed by atoms with Gasteiger partial charge in [0.2, 0.25) is 0 Å². The minimum atomic E-state index is -0.657. The van der Waals surface area contributed by atoms with Gasteiger partial charge in [0.15, 0.2) is 0 Å². The summed E-state index contributed by atoms with van der Waals surface area (Å²) in [7, 11) is 0. The molecule has 0 bridgehead atoms. The maximum Gasteiger partial charge on any atom is 0.333 e. The van der Waals surface area contributed by atoms with E-state index in [-0.39, 0.29) is 36.7 Å². The topological polar surface area (TPSA) is 219 Å². The number of nitrogens with zero attached hydrogens (tertiary/aromatic N) is 1. The zero-order chi connectivity index (χ0) is 50.5. The molecular formula is C51H84N2O17. The van der Waals surface area contributed by atoms with Crippen LogP contribution in [0, 0.1) is 0 Å². The van der Waals surface area contributed by atoms with E-state index < -0.39 is 17.8 Å². The molecule has 0 radical (unpaired) electrons. The molecule has 0 aliphatic carbocycles. The van der Waals surface area contributed by atoms with Gasteiger partial charge >= 0.3 is 5.97 Å². The number of Topliss-reactive ketones (excluding diaryl/α,β-unsaturated/α-hetero) is 2. The van der Waals surface area contributed by atoms with Crippen LogP contribution in [0.1, 0.15) is 140 Å². The largest absolute Gasteiger partial charge is 0.493 e. The van der Waals surface area contributed by atoms with E-state index in [0.717, 1.165) is 38.9 Å². The molecule has 0 spiro atoms. The van der Waals surface area contributed by atoms with E-state index >= 15 is 0 Å². The van der Waals surface area contributed by atoms with Gasteiger partial charge in [-0.25, -0.2) is 4.79 Å². The van der Waals surface area contributed by atoms with Crippen LogP contribution in [0.3, 0.4) is 0 Å². The van der Waals surface area contributed by atoms with E-state index in [4.69, 9.17) is 52.2 Å². The number of carbonyl (C=O) groups excluding carboxylic acids is 6. The fourth-order valence-electron chi connectivity index (χ4n) is 6.42. The molecule has 1 N–H and O–H groups in total. The molecular weight excluding hydrogens is 913 g/mol. The molecule has 2 rings (SSSR count). The quantitative estimate of drug-likeness (QED) is 0.0557. The summed E-state index contributed by atoms with van der Waals surface area (Å²) in [6.45, 7) is 13.3. The van der Waals surface area contributed by atoms with Crippen LogP contribution in [0.15, 0.2) is 18.2 Å². The second-order valence-corrected chi connectivity index (χ2v) is 16.6. The number of ether oxygens (including phenoxy) is 10. The maximum absolute atomic E-state index is 13.2. The molecule has 1 aromatic carbocycles. The Balaban J connectivity index is 1.67. The summed E-state index contributed by atoms with van der Waals surface area (Å²) in [6, 6.07) is 4.99. The van der Waals surface area contributed by atoms with Crippen LogP contribution in [0.2, 0.25) is 0 Å². The Hall–Kier alpha value is -4.08. The molecule has 1 fully saturated rings. The molecule has 3 amide bonds. The van der Waals surface area contributed by atoms with Crippen molar-refractivity contribution in [2.24, 2.45) is 0 Å². The zero-order valence-corrected chi connectivity index (χ0v) is 42.3. The standard InChI is InChI=1S/C51H84N2O17/c1-3-5-22-60-28-32-64-36-38-66-34-30-62-26-19-44(54)14-9-12-24-68-46-40-43(51(59)52-21-11-7-8-16-50(58)70-53-48(56)17-18-49(53)57)41-47(42-46)69-25-13-10-15-45(55)20-27-63-31-35-67-39-37-65-33-29-61-23-6-4-2/h40-42H,3-39H2,1-2H3,(H,52,59). The number of hydrogen-bond acceptors (Lipinski definition) is 17. The third-order valence-electron chi connectivity index (χ3n) is 10.5. The second-order valence-electron chi connectivity index (χ2n) is 16.6. The van der Waals surface area contributed by atoms with Gasteiger partial charge < -0.3 is 57.5 Å². The second kappa shape index (κ2) is 43.7. The Morgan fingerprint density at radius 3 is 1.27 bits per heavy atom. The molecule has 0 aromatic heterocycles. The van der Waals surface area contributed by atoms with Gasteiger partial charge in [-0.1, -0.05) is 33.1 Å². The van der Waals surface area contributed by atoms with Crippen molar-refractivity contribution < 1.29 is 81.0 Å². The summed E-state index contributed by atoms with van der Waals surface area (Å²) >= 11 is 0. The molecule has 0 atom stereocenters. The van der Waals surface area contributed by atoms with Crippen molar-refractivity contribution in [3.05, 3.63) is 23.8 Å². The van der Waals surface area contributed by atoms with Crippen LogP contribution in [0.4, 0.5) is 0 Å². The molecule has 19 nitrogen and oxygen atoms in total. The van der Waals surface area contributed by atoms with Crippen molar-refractivity contribution in [2.45, 2.75) is 129 Å². The molecule has 1 heterocycles. The van der Waals surface area contributed by atoms with Gasteiger partial charge in [0, 0.05) is 76.3 Å². The average molecular weight is 997 g/mol. The van der Waals surface area contributed by atoms with Crippen LogP contribution in [0.25, 0.3) is 0 Å². The third kappa shape index (κ3) is 34.3. The van der Waals surface area contributed by atoms with Gasteiger partial charge in [0.05, 0.1) is 106 Å². The van der Waals surface area contributed by atoms with Crippen LogP contribution in [-0.2, 0) is 66.7 Å². The minimum absolute atomic E-state index is 0.0311. The highest BCUT2D eigenvalue weighted by Gasteiger charge is 2.32. The molecule has 0 unspecified atom stereocenters. The number of ketones is 2. The lowest BCUT2D eigenvalue weighted by Crippen LogP contribution is -2.31. The van der Waals surface area contributed by atoms with E-state index in [1.54, 1.807) is 18.2 Å². The van der Waals surface area contributed by atoms with Crippen molar-refractivity contribution in [1.82, 2.24) is 10.4 Å². The van der Waals surface area contributed by atoms with Gasteiger partial charge in [0.25, 0.3) is 17.7 Å². The smallest absolute Gasteiger partial charge is 0.333 e. The molecule has 0 saturated carbocycles. The molecule has 400 valence electrons. The first kappa shape index (κ1) is 62.0. The van der Waals surface area contributed by atoms with Gasteiger partial charge in [-0.15, -0.1) is 5.06 Å². The van der Waals surface area contributed by atoms with Crippen molar-refractivity contribution in [1.29, 1.82) is 0 Å². The van der Waals surface area contributed by atoms with Gasteiger partial charge in [-0.3, -0.25) is 24.0 Å². The minimum Gasteiger partial charge on any atom is -0.493 e. The van der Waals surface area contributed by atoms with Gasteiger partial charge in [-0.05, 0) is 63.5 Å². The van der Waals surface area contributed by atoms with Crippen molar-refractivity contribution in [3.8, 4) is 11.5 Å². The van der Waals surface area contributed by atoms with E-state index in [0.29, 0.717) is 205 Å². The van der Waals surface area contributed by atoms with Crippen molar-refractivity contribution in [2.75, 3.05) is 125 Å². The number of unbranched alkanes of at least 4 members (excludes halogenated alkanes) is 6. The molecule has 1 aliphatic heterocycles. The molecule has 1 aromatic rings. The number of imide groups is 1. The third-order valence-corrected chi connectivity index (χ3v) is 10.5. The first-order chi connectivity index (χ1) is 34.2. The highest BCUT2D eigenvalue weighted by Crippen LogP contribution is 2.24. The van der Waals surface area contributed by atoms with Crippen molar-refractivity contribution in [3.63, 3.8) is 0 Å². The number of carbonyl (C=O) groups is 6. The van der Waals surface area contributed by atoms with Crippen molar-refractivity contribution >= 4 is 35.3 Å². The summed E-state index contributed by atoms with van der Waals surface area (Å²) in [6.07, 6.45) is 10.00. The van der Waals surface area contributed by atoms with E-state index in [1.165, 1.54) is 0 Å². The number of benzene rings is 1. The number of hydroxylamine groups is 2. The van der Waals surface area contributed by atoms with E-state index in [9.17, 15) is 28.8 Å². The Kier molecular flexibility index (Phi) is 38.7. The summed E-state index contributed by atoms with van der Waals surface area (Å²) < 4.78 is 56.0. The van der Waals surface area contributed by atoms with E-state index in [1.807, 2.05) is 0 Å². The average Bonchev–Trinajstić information content (AvgIpc) is 3.66. The summed E-state index contributed by atoms with van der Waals surface area (Å²) in [4.78, 5) is 78.5. The first-order valence-corrected chi connectivity index (χ1v) is 25.6. The van der Waals surface area contributed by atoms with Crippen LogP contribution in [0.5, 0.6) is 11.5 Å². The number of hydrogen-bond donors (Lipinski definition) is 1. The Morgan fingerprint density at radius 2 is 0.843 bits per heavy atom. The van der Waals surface area contributed by atoms with Gasteiger partial charge in [-0.2, -0.15) is 0 Å². The normalized spacial score (nSPS) is 12.5. The fourth-order valence-corrected chi connectivity index (χ4v) is 6.42. The number of rotatable bonds is 50. The lowest BCUT2D eigenvalue weighted by molar-refractivity contribution is -0.197. The highest BCUT2D eigenvalue weighted by atomic mass is 16.7. The molecule has 19 heteroatoms.